The van der Waals surface area contributed by atoms with Gasteiger partial charge in [0, 0.05) is 17.5 Å². The molecule has 1 aliphatic rings. The molecule has 0 atom stereocenters. The second-order valence-corrected chi connectivity index (χ2v) is 2.40. The number of halogens is 2. The minimum Gasteiger partial charge on any atom is -0.362 e. The van der Waals surface area contributed by atoms with Crippen LogP contribution in [0.2, 0.25) is 0 Å². The van der Waals surface area contributed by atoms with Crippen LogP contribution in [0, 0.1) is 0 Å². The van der Waals surface area contributed by atoms with E-state index >= 15 is 0 Å². The highest BCUT2D eigenvalue weighted by atomic mass is 19.3. The lowest BCUT2D eigenvalue weighted by Crippen LogP contribution is -2.12. The summed E-state index contributed by atoms with van der Waals surface area (Å²) in [4.78, 5) is 0. The minimum atomic E-state index is -2.41. The summed E-state index contributed by atoms with van der Waals surface area (Å²) in [6.45, 7) is 5.15. The van der Waals surface area contributed by atoms with E-state index in [0.29, 0.717) is 11.3 Å². The van der Waals surface area contributed by atoms with Gasteiger partial charge < -0.3 is 5.32 Å². The van der Waals surface area contributed by atoms with Crippen molar-refractivity contribution in [2.45, 2.75) is 13.3 Å². The minimum absolute atomic E-state index is 0.0498. The molecular weight excluding hydrogens is 148 g/mol. The molecule has 0 saturated carbocycles. The highest BCUT2D eigenvalue weighted by Gasteiger charge is 2.15. The van der Waals surface area contributed by atoms with Crippen LogP contribution in [-0.4, -0.2) is 6.43 Å². The highest BCUT2D eigenvalue weighted by molar-refractivity contribution is 5.40. The van der Waals surface area contributed by atoms with E-state index in [1.807, 2.05) is 0 Å². The van der Waals surface area contributed by atoms with Crippen molar-refractivity contribution >= 4 is 0 Å². The monoisotopic (exact) mass is 157 g/mol. The van der Waals surface area contributed by atoms with Gasteiger partial charge >= 0.3 is 0 Å². The van der Waals surface area contributed by atoms with E-state index in [-0.39, 0.29) is 5.57 Å². The zero-order chi connectivity index (χ0) is 8.43. The predicted octanol–water partition coefficient (Wildman–Crippen LogP) is 2.20. The lowest BCUT2D eigenvalue weighted by atomic mass is 10.1. The molecular formula is C8H9F2N. The van der Waals surface area contributed by atoms with Crippen molar-refractivity contribution in [3.63, 3.8) is 0 Å². The smallest absolute Gasteiger partial charge is 0.264 e. The molecule has 1 aliphatic heterocycles. The summed E-state index contributed by atoms with van der Waals surface area (Å²) in [5, 5.41) is 2.75. The van der Waals surface area contributed by atoms with E-state index < -0.39 is 6.43 Å². The number of dihydropyridines is 1. The van der Waals surface area contributed by atoms with Gasteiger partial charge in [-0.2, -0.15) is 0 Å². The zero-order valence-corrected chi connectivity index (χ0v) is 6.20. The van der Waals surface area contributed by atoms with Gasteiger partial charge in [-0.1, -0.05) is 6.58 Å². The van der Waals surface area contributed by atoms with Crippen molar-refractivity contribution in [3.8, 4) is 0 Å². The SMILES string of the molecule is C=C1C=C(C(F)F)C(C)=CN1. The first kappa shape index (κ1) is 7.98. The summed E-state index contributed by atoms with van der Waals surface area (Å²) >= 11 is 0. The first-order valence-electron chi connectivity index (χ1n) is 3.23. The number of alkyl halides is 2. The lowest BCUT2D eigenvalue weighted by Gasteiger charge is -2.14. The highest BCUT2D eigenvalue weighted by Crippen LogP contribution is 2.21. The second-order valence-electron chi connectivity index (χ2n) is 2.40. The predicted molar refractivity (Wildman–Crippen MR) is 40.1 cm³/mol. The number of nitrogens with one attached hydrogen (secondary N) is 1. The Morgan fingerprint density at radius 2 is 2.18 bits per heavy atom. The number of hydrogen-bond donors (Lipinski definition) is 1. The van der Waals surface area contributed by atoms with E-state index in [4.69, 9.17) is 0 Å². The molecule has 11 heavy (non-hydrogen) atoms. The van der Waals surface area contributed by atoms with Crippen molar-refractivity contribution in [1.82, 2.24) is 5.32 Å². The lowest BCUT2D eigenvalue weighted by molar-refractivity contribution is 0.192. The second kappa shape index (κ2) is 2.86. The van der Waals surface area contributed by atoms with Crippen LogP contribution in [-0.2, 0) is 0 Å². The van der Waals surface area contributed by atoms with Gasteiger partial charge in [-0.25, -0.2) is 8.78 Å². The van der Waals surface area contributed by atoms with Gasteiger partial charge in [-0.15, -0.1) is 0 Å². The van der Waals surface area contributed by atoms with Crippen molar-refractivity contribution in [2.24, 2.45) is 0 Å². The molecule has 0 aliphatic carbocycles. The van der Waals surface area contributed by atoms with Gasteiger partial charge in [0.15, 0.2) is 0 Å². The maximum absolute atomic E-state index is 12.2. The zero-order valence-electron chi connectivity index (χ0n) is 6.20. The third-order valence-electron chi connectivity index (χ3n) is 1.49. The molecule has 0 aromatic carbocycles. The maximum atomic E-state index is 12.2. The largest absolute Gasteiger partial charge is 0.362 e. The Hall–Kier alpha value is -1.12. The summed E-state index contributed by atoms with van der Waals surface area (Å²) in [6, 6.07) is 0. The molecule has 0 bridgehead atoms. The fraction of sp³-hybridized carbons (Fsp3) is 0.250. The average Bonchev–Trinajstić information content (AvgIpc) is 1.94. The summed E-state index contributed by atoms with van der Waals surface area (Å²) in [5.74, 6) is 0. The van der Waals surface area contributed by atoms with Gasteiger partial charge in [0.1, 0.15) is 0 Å². The number of hydrogen-bond acceptors (Lipinski definition) is 1. The van der Waals surface area contributed by atoms with E-state index in [1.54, 1.807) is 6.92 Å². The van der Waals surface area contributed by atoms with E-state index in [0.717, 1.165) is 0 Å². The standard InChI is InChI=1S/C8H9F2N/c1-5-4-11-6(2)3-7(5)8(9)10/h3-4,8,11H,2H2,1H3. The molecule has 0 unspecified atom stereocenters. The molecule has 0 fully saturated rings. The van der Waals surface area contributed by atoms with Gasteiger partial charge in [-0.05, 0) is 18.6 Å². The fourth-order valence-corrected chi connectivity index (χ4v) is 0.863. The molecule has 60 valence electrons. The summed E-state index contributed by atoms with van der Waals surface area (Å²) in [6.07, 6.45) is 0.481. The van der Waals surface area contributed by atoms with Gasteiger partial charge in [0.2, 0.25) is 0 Å². The molecule has 0 aromatic rings. The quantitative estimate of drug-likeness (QED) is 0.615. The first-order chi connectivity index (χ1) is 5.11. The Bertz CT molecular complexity index is 238. The Balaban J connectivity index is 2.90. The molecule has 0 amide bonds. The van der Waals surface area contributed by atoms with Crippen LogP contribution < -0.4 is 5.32 Å². The Morgan fingerprint density at radius 3 is 2.64 bits per heavy atom. The fourth-order valence-electron chi connectivity index (χ4n) is 0.863. The molecule has 1 nitrogen and oxygen atoms in total. The number of rotatable bonds is 1. The van der Waals surface area contributed by atoms with E-state index in [9.17, 15) is 8.78 Å². The Labute approximate surface area is 64.1 Å². The Morgan fingerprint density at radius 1 is 1.55 bits per heavy atom. The van der Waals surface area contributed by atoms with Gasteiger partial charge in [-0.3, -0.25) is 0 Å². The number of allylic oxidation sites excluding steroid dienone is 3. The van der Waals surface area contributed by atoms with E-state index in [1.165, 1.54) is 12.3 Å². The van der Waals surface area contributed by atoms with Crippen LogP contribution in [0.4, 0.5) is 8.78 Å². The summed E-state index contributed by atoms with van der Waals surface area (Å²) in [7, 11) is 0. The van der Waals surface area contributed by atoms with Crippen molar-refractivity contribution in [3.05, 3.63) is 35.7 Å². The molecule has 1 N–H and O–H groups in total. The molecule has 0 saturated heterocycles. The van der Waals surface area contributed by atoms with Crippen LogP contribution in [0.5, 0.6) is 0 Å². The Kier molecular flexibility index (Phi) is 2.08. The molecule has 0 radical (unpaired) electrons. The molecule has 1 heterocycles. The molecule has 3 heteroatoms. The molecule has 1 rings (SSSR count). The normalized spacial score (nSPS) is 17.6. The topological polar surface area (TPSA) is 12.0 Å². The summed E-state index contributed by atoms with van der Waals surface area (Å²) in [5.41, 5.74) is 1.12. The maximum Gasteiger partial charge on any atom is 0.264 e. The van der Waals surface area contributed by atoms with Crippen molar-refractivity contribution in [1.29, 1.82) is 0 Å². The first-order valence-corrected chi connectivity index (χ1v) is 3.23. The average molecular weight is 157 g/mol. The third kappa shape index (κ3) is 1.67. The van der Waals surface area contributed by atoms with Crippen molar-refractivity contribution in [2.75, 3.05) is 0 Å². The van der Waals surface area contributed by atoms with Crippen LogP contribution in [0.3, 0.4) is 0 Å². The third-order valence-corrected chi connectivity index (χ3v) is 1.49. The molecule has 0 aromatic heterocycles. The van der Waals surface area contributed by atoms with Gasteiger partial charge in [0.25, 0.3) is 6.43 Å². The van der Waals surface area contributed by atoms with Crippen LogP contribution in [0.25, 0.3) is 0 Å². The summed E-state index contributed by atoms with van der Waals surface area (Å²) < 4.78 is 24.3. The van der Waals surface area contributed by atoms with Crippen LogP contribution in [0.1, 0.15) is 6.92 Å². The van der Waals surface area contributed by atoms with E-state index in [2.05, 4.69) is 11.9 Å². The van der Waals surface area contributed by atoms with Gasteiger partial charge in [0.05, 0.1) is 0 Å². The van der Waals surface area contributed by atoms with Crippen molar-refractivity contribution < 1.29 is 8.78 Å². The van der Waals surface area contributed by atoms with Crippen LogP contribution >= 0.6 is 0 Å². The molecule has 0 spiro atoms. The van der Waals surface area contributed by atoms with Crippen LogP contribution in [0.15, 0.2) is 35.7 Å².